The van der Waals surface area contributed by atoms with Gasteiger partial charge in [-0.3, -0.25) is 9.59 Å². The van der Waals surface area contributed by atoms with Crippen LogP contribution in [0, 0.1) is 29.6 Å². The molecule has 0 spiro atoms. The van der Waals surface area contributed by atoms with Crippen molar-refractivity contribution in [3.05, 3.63) is 27.2 Å². The molecule has 5 unspecified atom stereocenters. The Morgan fingerprint density at radius 3 is 2.25 bits per heavy atom. The Morgan fingerprint density at radius 2 is 1.63 bits per heavy atom. The maximum Gasteiger partial charge on any atom is 0.306 e. The fourth-order valence-corrected chi connectivity index (χ4v) is 13.1. The van der Waals surface area contributed by atoms with Crippen LogP contribution < -0.4 is 0 Å². The van der Waals surface area contributed by atoms with E-state index in [1.165, 1.54) is 9.88 Å². The molecule has 0 aromatic carbocycles. The number of methoxy groups -OCH3 is 4. The molecule has 3 heterocycles. The molecule has 1 aromatic rings. The summed E-state index contributed by atoms with van der Waals surface area (Å²) >= 11 is 1.86. The third-order valence-corrected chi connectivity index (χ3v) is 16.3. The maximum atomic E-state index is 15.1. The standard InChI is InChI=1S/C47H74N2O10S/c1-12-28-14-13-15-36(59-38-19-18-35(49(6)7)26(5)56-38)25(4)41(51)33-22-31-30-20-29(58-47(55-11)44(54-10)43(53-9)42(52-8)24(2)3)21-34(30)45-40(48-46(60-45)27-16-17-27)39(31)32(33)23-37(50)57-28/h22,24-32,34-36,38-39,42-44,47H,12-21,23H2,1-11H3/t25-,26?,28+,29+,30+,31+,32-,34-,35+,36+,38+,39-,42?,43?,44?,47?/m1/s1. The van der Waals surface area contributed by atoms with Crippen molar-refractivity contribution in [3.8, 4) is 0 Å². The summed E-state index contributed by atoms with van der Waals surface area (Å²) in [6.45, 7) is 10.4. The van der Waals surface area contributed by atoms with E-state index in [0.29, 0.717) is 18.4 Å². The number of ketones is 1. The lowest BCUT2D eigenvalue weighted by atomic mass is 9.67. The number of ether oxygens (including phenoxy) is 8. The molecule has 2 saturated heterocycles. The number of carbonyl (C=O) groups is 2. The SMILES string of the molecule is CC[C@H]1CCC[C@H](O[C@H]2CC[C@H](N(C)C)C(C)O2)[C@@H](C)C(=O)C2=C[C@H]3[C@@H]4C[C@H](OC(OC)C(OC)C(OC)C(OC)C(C)C)C[C@H]4c4sc(C5CC5)nc4[C@H]3[C@@H]2CC(=O)O1. The number of cyclic esters (lactones) is 1. The first-order valence-corrected chi connectivity index (χ1v) is 23.8. The molecule has 0 bridgehead atoms. The lowest BCUT2D eigenvalue weighted by Crippen LogP contribution is -2.51. The van der Waals surface area contributed by atoms with Crippen molar-refractivity contribution in [3.63, 3.8) is 0 Å². The van der Waals surface area contributed by atoms with Crippen molar-refractivity contribution in [2.45, 2.75) is 184 Å². The third-order valence-electron chi connectivity index (χ3n) is 14.9. The van der Waals surface area contributed by atoms with Gasteiger partial charge in [0.25, 0.3) is 0 Å². The number of Topliss-reactive ketones (excluding diaryl/α,β-unsaturated/α-hetero) is 1. The zero-order valence-corrected chi connectivity index (χ0v) is 38.9. The number of rotatable bonds is 15. The van der Waals surface area contributed by atoms with Gasteiger partial charge in [0, 0.05) is 68.9 Å². The van der Waals surface area contributed by atoms with Gasteiger partial charge in [0.15, 0.2) is 18.4 Å². The summed E-state index contributed by atoms with van der Waals surface area (Å²) in [7, 11) is 10.9. The average Bonchev–Trinajstić information content (AvgIpc) is 3.66. The molecule has 16 atom stereocenters. The first kappa shape index (κ1) is 46.2. The Hall–Kier alpha value is -1.81. The average molecular weight is 859 g/mol. The van der Waals surface area contributed by atoms with Crippen LogP contribution in [0.1, 0.15) is 139 Å². The molecular formula is C47H74N2O10S. The number of hydrogen-bond donors (Lipinski definition) is 0. The number of allylic oxidation sites excluding steroid dienone is 2. The van der Waals surface area contributed by atoms with Crippen LogP contribution in [0.4, 0.5) is 0 Å². The Labute approximate surface area is 363 Å². The van der Waals surface area contributed by atoms with Crippen molar-refractivity contribution in [1.29, 1.82) is 0 Å². The van der Waals surface area contributed by atoms with Crippen molar-refractivity contribution >= 4 is 23.1 Å². The van der Waals surface area contributed by atoms with E-state index < -0.39 is 24.4 Å². The third kappa shape index (κ3) is 9.50. The first-order chi connectivity index (χ1) is 28.8. The Bertz CT molecular complexity index is 1650. The summed E-state index contributed by atoms with van der Waals surface area (Å²) in [4.78, 5) is 38.1. The predicted octanol–water partition coefficient (Wildman–Crippen LogP) is 7.78. The minimum absolute atomic E-state index is 0.0215. The molecule has 1 aromatic heterocycles. The van der Waals surface area contributed by atoms with Gasteiger partial charge < -0.3 is 42.8 Å². The highest BCUT2D eigenvalue weighted by Gasteiger charge is 2.57. The summed E-state index contributed by atoms with van der Waals surface area (Å²) in [5, 5.41) is 1.20. The van der Waals surface area contributed by atoms with Crippen LogP contribution in [0.2, 0.25) is 0 Å². The van der Waals surface area contributed by atoms with Crippen LogP contribution in [-0.4, -0.2) is 126 Å². The lowest BCUT2D eigenvalue weighted by Gasteiger charge is -2.40. The Morgan fingerprint density at radius 1 is 0.900 bits per heavy atom. The van der Waals surface area contributed by atoms with E-state index in [1.807, 2.05) is 18.3 Å². The zero-order chi connectivity index (χ0) is 43.0. The van der Waals surface area contributed by atoms with Gasteiger partial charge in [-0.15, -0.1) is 11.3 Å². The van der Waals surface area contributed by atoms with Crippen molar-refractivity contribution < 1.29 is 47.5 Å². The molecule has 7 rings (SSSR count). The summed E-state index contributed by atoms with van der Waals surface area (Å²) in [5.41, 5.74) is 1.83. The summed E-state index contributed by atoms with van der Waals surface area (Å²) in [6.07, 6.45) is 8.19. The van der Waals surface area contributed by atoms with Crippen LogP contribution in [0.5, 0.6) is 0 Å². The number of esters is 1. The highest BCUT2D eigenvalue weighted by molar-refractivity contribution is 7.12. The number of nitrogens with zero attached hydrogens (tertiary/aromatic N) is 2. The molecule has 12 nitrogen and oxygen atoms in total. The molecule has 0 radical (unpaired) electrons. The molecule has 2 saturated carbocycles. The monoisotopic (exact) mass is 859 g/mol. The van der Waals surface area contributed by atoms with Gasteiger partial charge in [-0.05, 0) is 109 Å². The van der Waals surface area contributed by atoms with Gasteiger partial charge in [-0.1, -0.05) is 33.8 Å². The van der Waals surface area contributed by atoms with Crippen molar-refractivity contribution in [1.82, 2.24) is 9.88 Å². The Kier molecular flexibility index (Phi) is 15.3. The first-order valence-electron chi connectivity index (χ1n) is 23.0. The highest BCUT2D eigenvalue weighted by atomic mass is 32.1. The molecule has 2 aliphatic heterocycles. The molecule has 0 amide bonds. The number of likely N-dealkylation sites (N-methyl/N-ethyl adjacent to an activating group) is 1. The second-order valence-corrected chi connectivity index (χ2v) is 20.3. The molecule has 13 heteroatoms. The van der Waals surface area contributed by atoms with Gasteiger partial charge >= 0.3 is 5.97 Å². The van der Waals surface area contributed by atoms with Gasteiger partial charge in [-0.25, -0.2) is 4.98 Å². The van der Waals surface area contributed by atoms with E-state index in [-0.39, 0.29) is 90.5 Å². The van der Waals surface area contributed by atoms with E-state index in [4.69, 9.17) is 42.9 Å². The molecule has 6 aliphatic rings. The summed E-state index contributed by atoms with van der Waals surface area (Å²) in [5.74, 6) is 0.129. The van der Waals surface area contributed by atoms with Crippen LogP contribution in [-0.2, 0) is 47.5 Å². The topological polar surface area (TPSA) is 124 Å². The van der Waals surface area contributed by atoms with E-state index in [1.54, 1.807) is 28.4 Å². The van der Waals surface area contributed by atoms with E-state index >= 15 is 4.79 Å². The van der Waals surface area contributed by atoms with Gasteiger partial charge in [0.1, 0.15) is 18.3 Å². The predicted molar refractivity (Wildman–Crippen MR) is 229 cm³/mol. The van der Waals surface area contributed by atoms with E-state index in [9.17, 15) is 4.79 Å². The molecule has 0 N–H and O–H groups in total. The van der Waals surface area contributed by atoms with Crippen LogP contribution in [0.15, 0.2) is 11.6 Å². The molecular weight excluding hydrogens is 785 g/mol. The van der Waals surface area contributed by atoms with Crippen molar-refractivity contribution in [2.24, 2.45) is 29.6 Å². The van der Waals surface area contributed by atoms with E-state index in [2.05, 4.69) is 52.8 Å². The van der Waals surface area contributed by atoms with Gasteiger partial charge in [-0.2, -0.15) is 0 Å². The minimum Gasteiger partial charge on any atom is -0.462 e. The fourth-order valence-electron chi connectivity index (χ4n) is 11.6. The summed E-state index contributed by atoms with van der Waals surface area (Å²) in [6, 6.07) is 0.324. The largest absolute Gasteiger partial charge is 0.462 e. The Balaban J connectivity index is 1.20. The van der Waals surface area contributed by atoms with Crippen LogP contribution >= 0.6 is 11.3 Å². The maximum absolute atomic E-state index is 15.1. The molecule has 4 aliphatic carbocycles. The number of hydrogen-bond acceptors (Lipinski definition) is 13. The van der Waals surface area contributed by atoms with Crippen LogP contribution in [0.3, 0.4) is 0 Å². The van der Waals surface area contributed by atoms with E-state index in [0.717, 1.165) is 69.1 Å². The second kappa shape index (κ2) is 19.9. The smallest absolute Gasteiger partial charge is 0.306 e. The molecule has 4 fully saturated rings. The zero-order valence-electron chi connectivity index (χ0n) is 38.1. The quantitative estimate of drug-likeness (QED) is 0.126. The van der Waals surface area contributed by atoms with Crippen molar-refractivity contribution in [2.75, 3.05) is 42.5 Å². The van der Waals surface area contributed by atoms with Gasteiger partial charge in [0.05, 0.1) is 41.5 Å². The molecule has 60 heavy (non-hydrogen) atoms. The fraction of sp³-hybridized carbons (Fsp3) is 0.851. The molecule has 338 valence electrons. The normalized spacial score (nSPS) is 36.9. The second-order valence-electron chi connectivity index (χ2n) is 19.2. The summed E-state index contributed by atoms with van der Waals surface area (Å²) < 4.78 is 50.4. The lowest BCUT2D eigenvalue weighted by molar-refractivity contribution is -0.246. The number of fused-ring (bicyclic) bond motifs is 8. The number of aromatic nitrogens is 1. The minimum atomic E-state index is -0.692. The number of carbonyl (C=O) groups excluding carboxylic acids is 2. The number of thiazole rings is 1. The highest BCUT2D eigenvalue weighted by Crippen LogP contribution is 2.63. The van der Waals surface area contributed by atoms with Gasteiger partial charge in [0.2, 0.25) is 0 Å². The van der Waals surface area contributed by atoms with Crippen LogP contribution in [0.25, 0.3) is 0 Å².